The molecule has 3 heteroatoms. The quantitative estimate of drug-likeness (QED) is 0.585. The van der Waals surface area contributed by atoms with Crippen LogP contribution in [0.3, 0.4) is 0 Å². The van der Waals surface area contributed by atoms with Crippen LogP contribution in [-0.2, 0) is 6.42 Å². The van der Waals surface area contributed by atoms with Gasteiger partial charge in [-0.15, -0.1) is 0 Å². The molecule has 0 radical (unpaired) electrons. The third-order valence-corrected chi connectivity index (χ3v) is 4.33. The second kappa shape index (κ2) is 8.28. The maximum Gasteiger partial charge on any atom is 0.335 e. The number of aryl methyl sites for hydroxylation is 1. The lowest BCUT2D eigenvalue weighted by Crippen LogP contribution is -1.98. The Labute approximate surface area is 159 Å². The molecule has 2 aromatic carbocycles. The summed E-state index contributed by atoms with van der Waals surface area (Å²) >= 11 is 0. The van der Waals surface area contributed by atoms with Gasteiger partial charge >= 0.3 is 5.97 Å². The number of pyridine rings is 1. The van der Waals surface area contributed by atoms with Crippen LogP contribution in [-0.4, -0.2) is 16.1 Å². The second-order valence-corrected chi connectivity index (χ2v) is 6.28. The molecule has 0 unspecified atom stereocenters. The predicted octanol–water partition coefficient (Wildman–Crippen LogP) is 5.61. The van der Waals surface area contributed by atoms with Gasteiger partial charge in [0.1, 0.15) is 0 Å². The molecular formula is C24H21NO2. The molecule has 0 aliphatic heterocycles. The molecule has 0 amide bonds. The van der Waals surface area contributed by atoms with Gasteiger partial charge in [-0.2, -0.15) is 0 Å². The first-order valence-electron chi connectivity index (χ1n) is 8.77. The van der Waals surface area contributed by atoms with E-state index in [0.717, 1.165) is 33.3 Å². The second-order valence-electron chi connectivity index (χ2n) is 6.28. The lowest BCUT2D eigenvalue weighted by molar-refractivity contribution is 0.0697. The minimum Gasteiger partial charge on any atom is -0.478 e. The maximum atomic E-state index is 11.3. The average molecular weight is 355 g/mol. The van der Waals surface area contributed by atoms with Gasteiger partial charge < -0.3 is 5.11 Å². The summed E-state index contributed by atoms with van der Waals surface area (Å²) in [5, 5.41) is 10.2. The van der Waals surface area contributed by atoms with Crippen molar-refractivity contribution in [2.45, 2.75) is 13.3 Å². The lowest BCUT2D eigenvalue weighted by Gasteiger charge is -2.09. The minimum absolute atomic E-state index is 0.271. The summed E-state index contributed by atoms with van der Waals surface area (Å²) in [6.45, 7) is 5.70. The zero-order valence-corrected chi connectivity index (χ0v) is 15.2. The van der Waals surface area contributed by atoms with Crippen molar-refractivity contribution in [3.63, 3.8) is 0 Å². The van der Waals surface area contributed by atoms with Crippen LogP contribution in [0.15, 0.2) is 85.5 Å². The van der Waals surface area contributed by atoms with Gasteiger partial charge in [-0.3, -0.25) is 4.98 Å². The Bertz CT molecular complexity index is 1050. The average Bonchev–Trinajstić information content (AvgIpc) is 2.68. The van der Waals surface area contributed by atoms with Crippen molar-refractivity contribution in [1.29, 1.82) is 0 Å². The van der Waals surface area contributed by atoms with Crippen LogP contribution in [0.2, 0.25) is 0 Å². The summed E-state index contributed by atoms with van der Waals surface area (Å²) in [7, 11) is 0. The highest BCUT2D eigenvalue weighted by molar-refractivity contribution is 5.94. The van der Waals surface area contributed by atoms with E-state index in [9.17, 15) is 9.90 Å². The summed E-state index contributed by atoms with van der Waals surface area (Å²) in [6, 6.07) is 17.2. The molecule has 3 rings (SSSR count). The van der Waals surface area contributed by atoms with Gasteiger partial charge in [-0.1, -0.05) is 61.2 Å². The number of hydrogen-bond acceptors (Lipinski definition) is 2. The van der Waals surface area contributed by atoms with Gasteiger partial charge in [-0.05, 0) is 54.3 Å². The number of carbonyl (C=O) groups is 1. The molecule has 0 aliphatic rings. The van der Waals surface area contributed by atoms with Gasteiger partial charge in [0.2, 0.25) is 0 Å². The van der Waals surface area contributed by atoms with E-state index in [1.54, 1.807) is 24.3 Å². The van der Waals surface area contributed by atoms with Crippen molar-refractivity contribution >= 4 is 22.4 Å². The van der Waals surface area contributed by atoms with Gasteiger partial charge in [0.25, 0.3) is 0 Å². The molecule has 27 heavy (non-hydrogen) atoms. The van der Waals surface area contributed by atoms with Crippen molar-refractivity contribution in [2.75, 3.05) is 0 Å². The highest BCUT2D eigenvalue weighted by Gasteiger charge is 2.09. The zero-order chi connectivity index (χ0) is 19.2. The fourth-order valence-corrected chi connectivity index (χ4v) is 3.05. The molecule has 0 saturated heterocycles. The molecule has 3 nitrogen and oxygen atoms in total. The van der Waals surface area contributed by atoms with Crippen LogP contribution in [0.4, 0.5) is 0 Å². The van der Waals surface area contributed by atoms with Gasteiger partial charge in [0.15, 0.2) is 0 Å². The molecule has 0 aliphatic carbocycles. The number of aromatic carboxylic acids is 1. The van der Waals surface area contributed by atoms with E-state index in [1.165, 1.54) is 0 Å². The topological polar surface area (TPSA) is 50.2 Å². The lowest BCUT2D eigenvalue weighted by atomic mass is 9.99. The third kappa shape index (κ3) is 4.39. The first-order chi connectivity index (χ1) is 13.1. The molecule has 0 bridgehead atoms. The van der Waals surface area contributed by atoms with E-state index >= 15 is 0 Å². The van der Waals surface area contributed by atoms with E-state index in [-0.39, 0.29) is 5.56 Å². The van der Waals surface area contributed by atoms with E-state index in [0.29, 0.717) is 6.42 Å². The number of fused-ring (bicyclic) bond motifs is 1. The molecule has 0 spiro atoms. The normalized spacial score (nSPS) is 11.8. The van der Waals surface area contributed by atoms with E-state index < -0.39 is 5.97 Å². The number of carboxylic acids is 1. The number of benzene rings is 2. The predicted molar refractivity (Wildman–Crippen MR) is 111 cm³/mol. The molecule has 134 valence electrons. The van der Waals surface area contributed by atoms with E-state index in [1.807, 2.05) is 43.3 Å². The largest absolute Gasteiger partial charge is 0.478 e. The Morgan fingerprint density at radius 2 is 1.89 bits per heavy atom. The van der Waals surface area contributed by atoms with Crippen LogP contribution < -0.4 is 0 Å². The first-order valence-corrected chi connectivity index (χ1v) is 8.77. The number of nitrogens with zero attached hydrogens (tertiary/aromatic N) is 1. The molecule has 0 saturated carbocycles. The summed E-state index contributed by atoms with van der Waals surface area (Å²) < 4.78 is 0. The summed E-state index contributed by atoms with van der Waals surface area (Å²) in [5.74, 6) is -0.933. The highest BCUT2D eigenvalue weighted by Crippen LogP contribution is 2.23. The highest BCUT2D eigenvalue weighted by atomic mass is 16.4. The van der Waals surface area contributed by atoms with Gasteiger partial charge in [0, 0.05) is 11.1 Å². The van der Waals surface area contributed by atoms with Crippen LogP contribution in [0.25, 0.3) is 16.5 Å². The Morgan fingerprint density at radius 3 is 2.59 bits per heavy atom. The van der Waals surface area contributed by atoms with E-state index in [4.69, 9.17) is 0 Å². The van der Waals surface area contributed by atoms with Crippen molar-refractivity contribution in [3.05, 3.63) is 108 Å². The third-order valence-electron chi connectivity index (χ3n) is 4.33. The Kier molecular flexibility index (Phi) is 5.62. The Morgan fingerprint density at radius 1 is 1.11 bits per heavy atom. The van der Waals surface area contributed by atoms with E-state index in [2.05, 4.69) is 29.8 Å². The fourth-order valence-electron chi connectivity index (χ4n) is 3.05. The van der Waals surface area contributed by atoms with Crippen LogP contribution in [0.1, 0.15) is 27.2 Å². The van der Waals surface area contributed by atoms with Gasteiger partial charge in [0.05, 0.1) is 11.1 Å². The minimum atomic E-state index is -0.933. The standard InChI is InChI=1S/C24H21NO2/c1-3-4-8-19(18-9-6-5-7-10-18)11-12-20-15-17(2)25-23-14-13-21(24(26)27)16-22(20)23/h3-11,13-16H,1,12H2,2H3,(H,26,27)/b8-4-,19-11+. The van der Waals surface area contributed by atoms with Crippen molar-refractivity contribution < 1.29 is 9.90 Å². The zero-order valence-electron chi connectivity index (χ0n) is 15.2. The van der Waals surface area contributed by atoms with Crippen LogP contribution in [0.5, 0.6) is 0 Å². The van der Waals surface area contributed by atoms with Gasteiger partial charge in [-0.25, -0.2) is 4.79 Å². The number of carboxylic acid groups (broad SMARTS) is 1. The summed E-state index contributed by atoms with van der Waals surface area (Å²) in [4.78, 5) is 15.9. The Hall–Kier alpha value is -3.46. The maximum absolute atomic E-state index is 11.3. The SMILES string of the molecule is C=C/C=C\C(=C/Cc1cc(C)nc2ccc(C(=O)O)cc12)c1ccccc1. The van der Waals surface area contributed by atoms with Crippen molar-refractivity contribution in [1.82, 2.24) is 4.98 Å². The fraction of sp³-hybridized carbons (Fsp3) is 0.0833. The van der Waals surface area contributed by atoms with Crippen molar-refractivity contribution in [2.24, 2.45) is 0 Å². The number of allylic oxidation sites excluding steroid dienone is 5. The molecule has 1 N–H and O–H groups in total. The molecule has 3 aromatic rings. The first kappa shape index (κ1) is 18.3. The van der Waals surface area contributed by atoms with Crippen LogP contribution in [0, 0.1) is 6.92 Å². The number of aromatic nitrogens is 1. The molecule has 1 aromatic heterocycles. The molecule has 0 fully saturated rings. The number of rotatable bonds is 6. The monoisotopic (exact) mass is 355 g/mol. The van der Waals surface area contributed by atoms with Crippen molar-refractivity contribution in [3.8, 4) is 0 Å². The van der Waals surface area contributed by atoms with Crippen LogP contribution >= 0.6 is 0 Å². The smallest absolute Gasteiger partial charge is 0.335 e. The molecular weight excluding hydrogens is 334 g/mol. The Balaban J connectivity index is 2.06. The summed E-state index contributed by atoms with van der Waals surface area (Å²) in [5.41, 5.74) is 5.27. The molecule has 1 heterocycles. The summed E-state index contributed by atoms with van der Waals surface area (Å²) in [6.07, 6.45) is 8.52. The number of hydrogen-bond donors (Lipinski definition) is 1. The molecule has 0 atom stereocenters.